The van der Waals surface area contributed by atoms with Gasteiger partial charge in [0.05, 0.1) is 6.61 Å². The lowest BCUT2D eigenvalue weighted by Gasteiger charge is -2.18. The molecule has 0 spiro atoms. The smallest absolute Gasteiger partial charge is 0.323 e. The molecule has 0 aromatic carbocycles. The molecule has 1 N–H and O–H groups in total. The topological polar surface area (TPSA) is 41.6 Å². The Kier molecular flexibility index (Phi) is 7.42. The average Bonchev–Trinajstić information content (AvgIpc) is 2.18. The van der Waals surface area contributed by atoms with Crippen molar-refractivity contribution in [2.45, 2.75) is 26.3 Å². The van der Waals surface area contributed by atoms with E-state index in [9.17, 15) is 4.79 Å². The Bertz CT molecular complexity index is 162. The van der Waals surface area contributed by atoms with Gasteiger partial charge >= 0.3 is 5.97 Å². The van der Waals surface area contributed by atoms with Crippen molar-refractivity contribution >= 4 is 5.97 Å². The van der Waals surface area contributed by atoms with E-state index in [-0.39, 0.29) is 12.0 Å². The largest absolute Gasteiger partial charge is 0.465 e. The van der Waals surface area contributed by atoms with Gasteiger partial charge in [-0.3, -0.25) is 4.79 Å². The number of rotatable bonds is 7. The summed E-state index contributed by atoms with van der Waals surface area (Å²) in [7, 11) is 3.82. The summed E-state index contributed by atoms with van der Waals surface area (Å²) in [5, 5.41) is 2.96. The fourth-order valence-corrected chi connectivity index (χ4v) is 1.13. The van der Waals surface area contributed by atoms with Gasteiger partial charge in [-0.1, -0.05) is 6.92 Å². The van der Waals surface area contributed by atoms with Crippen LogP contribution >= 0.6 is 0 Å². The Hall–Kier alpha value is -0.610. The van der Waals surface area contributed by atoms with Crippen LogP contribution in [-0.4, -0.2) is 50.7 Å². The third-order valence-electron chi connectivity index (χ3n) is 2.26. The summed E-state index contributed by atoms with van der Waals surface area (Å²) in [6.07, 6.45) is 0.791. The molecule has 4 nitrogen and oxygen atoms in total. The van der Waals surface area contributed by atoms with Crippen LogP contribution in [0.5, 0.6) is 0 Å². The van der Waals surface area contributed by atoms with E-state index >= 15 is 0 Å². The van der Waals surface area contributed by atoms with E-state index in [4.69, 9.17) is 4.74 Å². The van der Waals surface area contributed by atoms with Gasteiger partial charge in [-0.2, -0.15) is 0 Å². The minimum absolute atomic E-state index is 0.153. The van der Waals surface area contributed by atoms with Crippen molar-refractivity contribution in [3.05, 3.63) is 0 Å². The fraction of sp³-hybridized carbons (Fsp3) is 0.900. The maximum atomic E-state index is 11.4. The lowest BCUT2D eigenvalue weighted by molar-refractivity contribution is -0.145. The molecule has 0 heterocycles. The lowest BCUT2D eigenvalue weighted by Crippen LogP contribution is -2.38. The molecule has 0 amide bonds. The molecule has 0 aromatic heterocycles. The minimum atomic E-state index is -0.177. The first kappa shape index (κ1) is 13.4. The molecule has 0 aliphatic rings. The molecule has 4 heteroatoms. The average molecular weight is 202 g/mol. The highest BCUT2D eigenvalue weighted by Crippen LogP contribution is 1.97. The quantitative estimate of drug-likeness (QED) is 0.610. The summed E-state index contributed by atoms with van der Waals surface area (Å²) >= 11 is 0. The van der Waals surface area contributed by atoms with Crippen molar-refractivity contribution in [1.82, 2.24) is 10.2 Å². The second-order valence-corrected chi connectivity index (χ2v) is 3.28. The van der Waals surface area contributed by atoms with Crippen molar-refractivity contribution < 1.29 is 9.53 Å². The molecular formula is C10H22N2O2. The first-order valence-electron chi connectivity index (χ1n) is 5.18. The molecule has 14 heavy (non-hydrogen) atoms. The summed E-state index contributed by atoms with van der Waals surface area (Å²) in [5.41, 5.74) is 0. The molecule has 0 aromatic rings. The Morgan fingerprint density at radius 1 is 1.50 bits per heavy atom. The van der Waals surface area contributed by atoms with Crippen LogP contribution in [0.4, 0.5) is 0 Å². The van der Waals surface area contributed by atoms with Crippen molar-refractivity contribution in [2.24, 2.45) is 0 Å². The van der Waals surface area contributed by atoms with E-state index in [1.54, 1.807) is 7.05 Å². The van der Waals surface area contributed by atoms with Crippen LogP contribution in [0.15, 0.2) is 0 Å². The number of ether oxygens (including phenoxy) is 1. The molecule has 1 atom stereocenters. The summed E-state index contributed by atoms with van der Waals surface area (Å²) in [6, 6.07) is -0.177. The van der Waals surface area contributed by atoms with Crippen LogP contribution < -0.4 is 5.32 Å². The van der Waals surface area contributed by atoms with Crippen molar-refractivity contribution in [3.63, 3.8) is 0 Å². The zero-order valence-electron chi connectivity index (χ0n) is 9.67. The Balaban J connectivity index is 3.84. The predicted molar refractivity (Wildman–Crippen MR) is 57.3 cm³/mol. The molecule has 0 rings (SSSR count). The van der Waals surface area contributed by atoms with Crippen LogP contribution in [0.25, 0.3) is 0 Å². The highest BCUT2D eigenvalue weighted by atomic mass is 16.5. The first-order valence-corrected chi connectivity index (χ1v) is 5.18. The molecule has 0 aliphatic heterocycles. The SMILES string of the molecule is CCOC(=O)C(CCN(C)CC)NC. The highest BCUT2D eigenvalue weighted by molar-refractivity contribution is 5.75. The second kappa shape index (κ2) is 7.76. The molecular weight excluding hydrogens is 180 g/mol. The first-order chi connectivity index (χ1) is 6.65. The highest BCUT2D eigenvalue weighted by Gasteiger charge is 2.17. The van der Waals surface area contributed by atoms with Gasteiger partial charge in [0.2, 0.25) is 0 Å². The van der Waals surface area contributed by atoms with Gasteiger partial charge < -0.3 is 15.0 Å². The third-order valence-corrected chi connectivity index (χ3v) is 2.26. The number of hydrogen-bond acceptors (Lipinski definition) is 4. The maximum Gasteiger partial charge on any atom is 0.323 e. The second-order valence-electron chi connectivity index (χ2n) is 3.28. The van der Waals surface area contributed by atoms with E-state index < -0.39 is 0 Å². The maximum absolute atomic E-state index is 11.4. The van der Waals surface area contributed by atoms with Crippen LogP contribution in [0.1, 0.15) is 20.3 Å². The van der Waals surface area contributed by atoms with Gasteiger partial charge in [0.25, 0.3) is 0 Å². The predicted octanol–water partition coefficient (Wildman–Crippen LogP) is 0.479. The van der Waals surface area contributed by atoms with Crippen LogP contribution in [0, 0.1) is 0 Å². The molecule has 84 valence electrons. The summed E-state index contributed by atoms with van der Waals surface area (Å²) in [5.74, 6) is -0.153. The number of hydrogen-bond donors (Lipinski definition) is 1. The molecule has 0 bridgehead atoms. The Labute approximate surface area is 86.6 Å². The summed E-state index contributed by atoms with van der Waals surface area (Å²) in [4.78, 5) is 13.5. The lowest BCUT2D eigenvalue weighted by atomic mass is 10.2. The van der Waals surface area contributed by atoms with E-state index in [1.807, 2.05) is 14.0 Å². The number of likely N-dealkylation sites (N-methyl/N-ethyl adjacent to an activating group) is 1. The fourth-order valence-electron chi connectivity index (χ4n) is 1.13. The van der Waals surface area contributed by atoms with E-state index in [0.29, 0.717) is 6.61 Å². The Morgan fingerprint density at radius 3 is 2.57 bits per heavy atom. The van der Waals surface area contributed by atoms with Gasteiger partial charge in [-0.05, 0) is 40.5 Å². The molecule has 0 aliphatic carbocycles. The summed E-state index contributed by atoms with van der Waals surface area (Å²) in [6.45, 7) is 6.27. The van der Waals surface area contributed by atoms with Crippen LogP contribution in [0.3, 0.4) is 0 Å². The van der Waals surface area contributed by atoms with Gasteiger partial charge in [-0.25, -0.2) is 0 Å². The van der Waals surface area contributed by atoms with Crippen LogP contribution in [0.2, 0.25) is 0 Å². The molecule has 1 unspecified atom stereocenters. The van der Waals surface area contributed by atoms with E-state index in [0.717, 1.165) is 19.5 Å². The van der Waals surface area contributed by atoms with Gasteiger partial charge in [0.1, 0.15) is 6.04 Å². The monoisotopic (exact) mass is 202 g/mol. The molecule has 0 fully saturated rings. The number of nitrogens with one attached hydrogen (secondary N) is 1. The number of nitrogens with zero attached hydrogens (tertiary/aromatic N) is 1. The van der Waals surface area contributed by atoms with Crippen molar-refractivity contribution in [2.75, 3.05) is 33.8 Å². The van der Waals surface area contributed by atoms with Gasteiger partial charge in [0.15, 0.2) is 0 Å². The zero-order chi connectivity index (χ0) is 11.0. The van der Waals surface area contributed by atoms with Gasteiger partial charge in [0, 0.05) is 0 Å². The normalized spacial score (nSPS) is 12.9. The molecule has 0 saturated heterocycles. The zero-order valence-corrected chi connectivity index (χ0v) is 9.67. The Morgan fingerprint density at radius 2 is 2.14 bits per heavy atom. The molecule has 0 saturated carbocycles. The number of carbonyl (C=O) groups excluding carboxylic acids is 1. The van der Waals surface area contributed by atoms with Crippen LogP contribution in [-0.2, 0) is 9.53 Å². The van der Waals surface area contributed by atoms with Gasteiger partial charge in [-0.15, -0.1) is 0 Å². The number of esters is 1. The van der Waals surface area contributed by atoms with E-state index in [2.05, 4.69) is 17.1 Å². The van der Waals surface area contributed by atoms with Crippen molar-refractivity contribution in [3.8, 4) is 0 Å². The minimum Gasteiger partial charge on any atom is -0.465 e. The standard InChI is InChI=1S/C10H22N2O2/c1-5-12(4)8-7-9(11-3)10(13)14-6-2/h9,11H,5-8H2,1-4H3. The van der Waals surface area contributed by atoms with E-state index in [1.165, 1.54) is 0 Å². The van der Waals surface area contributed by atoms with Crippen molar-refractivity contribution in [1.29, 1.82) is 0 Å². The number of carbonyl (C=O) groups is 1. The molecule has 0 radical (unpaired) electrons. The summed E-state index contributed by atoms with van der Waals surface area (Å²) < 4.78 is 4.94. The third kappa shape index (κ3) is 5.19.